The molecule has 0 aromatic carbocycles. The maximum absolute atomic E-state index is 13.6. The van der Waals surface area contributed by atoms with Crippen LogP contribution in [0.2, 0.25) is 0 Å². The maximum atomic E-state index is 13.6. The quantitative estimate of drug-likeness (QED) is 0.113. The van der Waals surface area contributed by atoms with Crippen molar-refractivity contribution in [2.24, 2.45) is 5.92 Å². The highest BCUT2D eigenvalue weighted by Crippen LogP contribution is 2.42. The lowest BCUT2D eigenvalue weighted by Gasteiger charge is -2.30. The molecule has 16 nitrogen and oxygen atoms in total. The van der Waals surface area contributed by atoms with E-state index in [4.69, 9.17) is 23.9 Å². The largest absolute Gasteiger partial charge is 0.453 e. The highest BCUT2D eigenvalue weighted by molar-refractivity contribution is 7.23. The summed E-state index contributed by atoms with van der Waals surface area (Å²) in [6, 6.07) is 7.04. The third-order valence-electron chi connectivity index (χ3n) is 11.1. The van der Waals surface area contributed by atoms with Crippen LogP contribution in [0.4, 0.5) is 9.59 Å². The summed E-state index contributed by atoms with van der Waals surface area (Å²) in [5.74, 6) is 1.19. The minimum Gasteiger partial charge on any atom is -0.453 e. The second-order valence-electron chi connectivity index (χ2n) is 15.2. The van der Waals surface area contributed by atoms with Gasteiger partial charge in [0, 0.05) is 40.2 Å². The van der Waals surface area contributed by atoms with Crippen molar-refractivity contribution < 1.29 is 38.1 Å². The molecule has 0 radical (unpaired) electrons. The van der Waals surface area contributed by atoms with Gasteiger partial charge in [-0.25, -0.2) is 19.6 Å². The number of aromatic nitrogens is 4. The minimum atomic E-state index is -0.687. The molecule has 3 aliphatic rings. The lowest BCUT2D eigenvalue weighted by molar-refractivity contribution is -0.137. The van der Waals surface area contributed by atoms with Gasteiger partial charge in [0.25, 0.3) is 0 Å². The van der Waals surface area contributed by atoms with E-state index < -0.39 is 18.2 Å². The average molecular weight is 837 g/mol. The number of likely N-dealkylation sites (tertiary alicyclic amines) is 2. The lowest BCUT2D eigenvalue weighted by Crippen LogP contribution is -2.51. The van der Waals surface area contributed by atoms with E-state index in [1.54, 1.807) is 28.9 Å². The summed E-state index contributed by atoms with van der Waals surface area (Å²) in [5, 5.41) is 5.44. The number of nitrogens with zero attached hydrogens (tertiary/aromatic N) is 4. The van der Waals surface area contributed by atoms with Gasteiger partial charge in [0.15, 0.2) is 0 Å². The number of H-pyrrole nitrogens is 2. The van der Waals surface area contributed by atoms with Crippen LogP contribution in [0.1, 0.15) is 106 Å². The number of carbonyl (C=O) groups excluding carboxylic acids is 4. The first-order valence-corrected chi connectivity index (χ1v) is 21.5. The van der Waals surface area contributed by atoms with Crippen molar-refractivity contribution in [3.05, 3.63) is 58.9 Å². The second kappa shape index (κ2) is 18.4. The number of ether oxygens (including phenoxy) is 4. The molecule has 4 aromatic rings. The SMILES string of the molecule is CC[C@@H](CC(=O)N1CCC[C@H]1c1ncc(C2COC(c3ccc(-c4ccc(-c5cnc([C@@H]6CCCN6C(=O)[C@@H](NC(=O)OC)C(C)C)[nH]5)s4)s3)CO2)[nH]1)NC(=O)OC. The molecule has 0 aliphatic carbocycles. The van der Waals surface area contributed by atoms with Crippen LogP contribution in [-0.4, -0.2) is 106 Å². The molecule has 18 heteroatoms. The Morgan fingerprint density at radius 2 is 1.45 bits per heavy atom. The van der Waals surface area contributed by atoms with E-state index in [9.17, 15) is 19.2 Å². The fourth-order valence-electron chi connectivity index (χ4n) is 7.83. The van der Waals surface area contributed by atoms with E-state index in [2.05, 4.69) is 49.9 Å². The topological polar surface area (TPSA) is 193 Å². The summed E-state index contributed by atoms with van der Waals surface area (Å²) >= 11 is 3.35. The summed E-state index contributed by atoms with van der Waals surface area (Å²) in [5.41, 5.74) is 1.70. The molecule has 7 heterocycles. The van der Waals surface area contributed by atoms with Crippen molar-refractivity contribution in [3.8, 4) is 20.3 Å². The van der Waals surface area contributed by atoms with Crippen LogP contribution in [-0.2, 0) is 28.5 Å². The van der Waals surface area contributed by atoms with E-state index in [1.807, 2.05) is 36.8 Å². The van der Waals surface area contributed by atoms with Crippen molar-refractivity contribution in [3.63, 3.8) is 0 Å². The van der Waals surface area contributed by atoms with Gasteiger partial charge >= 0.3 is 12.2 Å². The minimum absolute atomic E-state index is 0.0258. The number of hydrogen-bond acceptors (Lipinski definition) is 12. The first-order chi connectivity index (χ1) is 28.1. The summed E-state index contributed by atoms with van der Waals surface area (Å²) < 4.78 is 22.1. The molecular weight excluding hydrogens is 785 g/mol. The Balaban J connectivity index is 0.933. The van der Waals surface area contributed by atoms with Crippen LogP contribution >= 0.6 is 22.7 Å². The van der Waals surface area contributed by atoms with Crippen molar-refractivity contribution >= 4 is 46.7 Å². The zero-order valence-corrected chi connectivity index (χ0v) is 35.1. The average Bonchev–Trinajstić information content (AvgIpc) is 4.08. The predicted molar refractivity (Wildman–Crippen MR) is 217 cm³/mol. The van der Waals surface area contributed by atoms with E-state index in [1.165, 1.54) is 14.2 Å². The van der Waals surface area contributed by atoms with Crippen molar-refractivity contribution in [2.45, 2.75) is 95.7 Å². The zero-order chi connectivity index (χ0) is 40.9. The number of thiophene rings is 2. The third-order valence-corrected chi connectivity index (χ3v) is 13.6. The summed E-state index contributed by atoms with van der Waals surface area (Å²) in [7, 11) is 2.60. The third kappa shape index (κ3) is 9.09. The molecule has 3 fully saturated rings. The summed E-state index contributed by atoms with van der Waals surface area (Å²) in [4.78, 5) is 74.8. The number of aromatic amines is 2. The maximum Gasteiger partial charge on any atom is 0.407 e. The lowest BCUT2D eigenvalue weighted by atomic mass is 10.0. The first-order valence-electron chi connectivity index (χ1n) is 19.9. The number of hydrogen-bond donors (Lipinski definition) is 4. The van der Waals surface area contributed by atoms with Crippen molar-refractivity contribution in [2.75, 3.05) is 40.5 Å². The first kappa shape index (κ1) is 41.4. The molecule has 0 saturated carbocycles. The highest BCUT2D eigenvalue weighted by atomic mass is 32.1. The van der Waals surface area contributed by atoms with E-state index in [0.29, 0.717) is 32.7 Å². The van der Waals surface area contributed by atoms with Gasteiger partial charge in [0.2, 0.25) is 11.8 Å². The Morgan fingerprint density at radius 1 is 0.828 bits per heavy atom. The van der Waals surface area contributed by atoms with E-state index in [-0.39, 0.29) is 54.5 Å². The molecule has 6 atom stereocenters. The van der Waals surface area contributed by atoms with Crippen molar-refractivity contribution in [1.29, 1.82) is 0 Å². The zero-order valence-electron chi connectivity index (χ0n) is 33.4. The van der Waals surface area contributed by atoms with Crippen LogP contribution in [0.25, 0.3) is 20.3 Å². The molecule has 4 amide bonds. The van der Waals surface area contributed by atoms with Crippen LogP contribution < -0.4 is 10.6 Å². The monoisotopic (exact) mass is 836 g/mol. The molecule has 0 spiro atoms. The second-order valence-corrected chi connectivity index (χ2v) is 17.4. The van der Waals surface area contributed by atoms with E-state index in [0.717, 1.165) is 68.2 Å². The van der Waals surface area contributed by atoms with Gasteiger partial charge in [-0.05, 0) is 62.3 Å². The van der Waals surface area contributed by atoms with Gasteiger partial charge in [0.1, 0.15) is 29.9 Å². The van der Waals surface area contributed by atoms with Gasteiger partial charge < -0.3 is 49.3 Å². The normalized spacial score (nSPS) is 21.9. The van der Waals surface area contributed by atoms with Gasteiger partial charge in [-0.15, -0.1) is 22.7 Å². The number of amides is 4. The Labute approximate surface area is 345 Å². The molecule has 0 bridgehead atoms. The number of rotatable bonds is 13. The molecule has 58 heavy (non-hydrogen) atoms. The highest BCUT2D eigenvalue weighted by Gasteiger charge is 2.38. The molecule has 4 N–H and O–H groups in total. The Kier molecular flexibility index (Phi) is 13.1. The smallest absolute Gasteiger partial charge is 0.407 e. The van der Waals surface area contributed by atoms with Gasteiger partial charge in [0.05, 0.1) is 68.2 Å². The molecular formula is C40H52N8O8S2. The van der Waals surface area contributed by atoms with E-state index >= 15 is 0 Å². The standard InChI is InChI=1S/C40H52N8O8S2/c1-6-23(43-39(51)53-4)17-34(49)47-15-7-9-26(47)36-41-18-24(44-36)28-20-56-29(21-55-28)31-12-14-33(58-31)32-13-11-30(57-32)25-19-42-37(45-25)27-10-8-16-48(27)38(50)35(22(2)3)46-40(52)54-5/h11-14,18-19,22-23,26-29,35H,6-10,15-17,20-21H2,1-5H3,(H,41,44)(H,42,45)(H,43,51)(H,46,52)/t23-,26-,27-,28?,29?,35-/m0/s1. The number of imidazole rings is 2. The Bertz CT molecular complexity index is 2050. The summed E-state index contributed by atoms with van der Waals surface area (Å²) in [6.45, 7) is 7.72. The fourth-order valence-corrected chi connectivity index (χ4v) is 9.93. The molecule has 3 aliphatic heterocycles. The van der Waals surface area contributed by atoms with Crippen LogP contribution in [0.15, 0.2) is 36.7 Å². The number of methoxy groups -OCH3 is 2. The van der Waals surface area contributed by atoms with Gasteiger partial charge in [-0.3, -0.25) is 9.59 Å². The molecule has 7 rings (SSSR count). The fraction of sp³-hybridized carbons (Fsp3) is 0.550. The number of carbonyl (C=O) groups is 4. The van der Waals surface area contributed by atoms with Crippen LogP contribution in [0.5, 0.6) is 0 Å². The number of nitrogens with one attached hydrogen (secondary N) is 4. The summed E-state index contributed by atoms with van der Waals surface area (Å²) in [6.07, 6.45) is 6.05. The Hall–Kier alpha value is -4.78. The van der Waals surface area contributed by atoms with Gasteiger partial charge in [-0.2, -0.15) is 0 Å². The number of alkyl carbamates (subject to hydrolysis) is 2. The molecule has 2 unspecified atom stereocenters. The van der Waals surface area contributed by atoms with Crippen LogP contribution in [0.3, 0.4) is 0 Å². The van der Waals surface area contributed by atoms with Gasteiger partial charge in [-0.1, -0.05) is 20.8 Å². The predicted octanol–water partition coefficient (Wildman–Crippen LogP) is 6.65. The van der Waals surface area contributed by atoms with Crippen LogP contribution in [0, 0.1) is 5.92 Å². The molecule has 3 saturated heterocycles. The Morgan fingerprint density at radius 3 is 2.16 bits per heavy atom. The molecule has 4 aromatic heterocycles. The van der Waals surface area contributed by atoms with Crippen molar-refractivity contribution in [1.82, 2.24) is 40.4 Å². The molecule has 312 valence electrons.